The summed E-state index contributed by atoms with van der Waals surface area (Å²) in [6.45, 7) is 3.56. The van der Waals surface area contributed by atoms with Crippen LogP contribution >= 0.6 is 0 Å². The highest BCUT2D eigenvalue weighted by Crippen LogP contribution is 2.10. The van der Waals surface area contributed by atoms with Crippen LogP contribution in [0, 0.1) is 6.92 Å². The minimum Gasteiger partial charge on any atom is -0.461 e. The Kier molecular flexibility index (Phi) is 1.47. The molecular formula is C10H7O2. The number of hydrogen-bond acceptors (Lipinski definition) is 2. The minimum atomic E-state index is -0.0400. The Morgan fingerprint density at radius 1 is 1.25 bits per heavy atom. The maximum absolute atomic E-state index is 11.3. The Balaban J connectivity index is 2.99. The first-order valence-corrected chi connectivity index (χ1v) is 3.62. The summed E-state index contributed by atoms with van der Waals surface area (Å²) in [7, 11) is 0. The molecule has 0 spiro atoms. The highest BCUT2D eigenvalue weighted by molar-refractivity contribution is 5.76. The molecule has 0 aliphatic heterocycles. The molecule has 1 aromatic carbocycles. The molecule has 0 bridgehead atoms. The minimum absolute atomic E-state index is 0.0400. The lowest BCUT2D eigenvalue weighted by Crippen LogP contribution is -1.99. The molecule has 2 heteroatoms. The van der Waals surface area contributed by atoms with Crippen LogP contribution in [0.2, 0.25) is 0 Å². The largest absolute Gasteiger partial charge is 0.461 e. The standard InChI is InChI=1S/C10H7O2/c1-7-6-9(11)8-4-2-3-5-10(8)12-7/h2-6H,1H2. The molecule has 0 atom stereocenters. The van der Waals surface area contributed by atoms with Crippen molar-refractivity contribution >= 4 is 11.0 Å². The second kappa shape index (κ2) is 2.48. The summed E-state index contributed by atoms with van der Waals surface area (Å²) in [4.78, 5) is 11.3. The maximum Gasteiger partial charge on any atom is 0.192 e. The van der Waals surface area contributed by atoms with E-state index in [1.54, 1.807) is 12.1 Å². The van der Waals surface area contributed by atoms with Crippen molar-refractivity contribution in [3.05, 3.63) is 53.2 Å². The highest BCUT2D eigenvalue weighted by atomic mass is 16.3. The van der Waals surface area contributed by atoms with Crippen molar-refractivity contribution in [3.8, 4) is 0 Å². The predicted octanol–water partition coefficient (Wildman–Crippen LogP) is 1.98. The lowest BCUT2D eigenvalue weighted by molar-refractivity contribution is 0.581. The van der Waals surface area contributed by atoms with E-state index in [1.807, 2.05) is 12.1 Å². The average molecular weight is 159 g/mol. The molecule has 0 saturated carbocycles. The third kappa shape index (κ3) is 1.01. The molecule has 0 amide bonds. The van der Waals surface area contributed by atoms with Crippen LogP contribution in [-0.2, 0) is 0 Å². The molecule has 0 aliphatic carbocycles. The second-order valence-electron chi connectivity index (χ2n) is 2.57. The van der Waals surface area contributed by atoms with Gasteiger partial charge in [0, 0.05) is 13.0 Å². The van der Waals surface area contributed by atoms with Crippen LogP contribution in [-0.4, -0.2) is 0 Å². The van der Waals surface area contributed by atoms with Crippen molar-refractivity contribution < 1.29 is 4.42 Å². The van der Waals surface area contributed by atoms with Crippen molar-refractivity contribution in [2.24, 2.45) is 0 Å². The van der Waals surface area contributed by atoms with E-state index >= 15 is 0 Å². The molecule has 1 radical (unpaired) electrons. The van der Waals surface area contributed by atoms with E-state index in [9.17, 15) is 4.79 Å². The molecule has 1 heterocycles. The normalized spacial score (nSPS) is 10.4. The molecule has 0 N–H and O–H groups in total. The molecule has 2 rings (SSSR count). The first kappa shape index (κ1) is 7.10. The van der Waals surface area contributed by atoms with Gasteiger partial charge in [-0.05, 0) is 12.1 Å². The number of benzene rings is 1. The van der Waals surface area contributed by atoms with Gasteiger partial charge in [-0.2, -0.15) is 0 Å². The third-order valence-electron chi connectivity index (χ3n) is 1.69. The molecule has 2 aromatic rings. The van der Waals surface area contributed by atoms with Gasteiger partial charge >= 0.3 is 0 Å². The van der Waals surface area contributed by atoms with Crippen molar-refractivity contribution in [2.45, 2.75) is 0 Å². The molecule has 0 fully saturated rings. The molecule has 59 valence electrons. The van der Waals surface area contributed by atoms with Gasteiger partial charge in [-0.25, -0.2) is 0 Å². The maximum atomic E-state index is 11.3. The summed E-state index contributed by atoms with van der Waals surface area (Å²) in [5, 5.41) is 0.602. The van der Waals surface area contributed by atoms with Gasteiger partial charge in [-0.15, -0.1) is 0 Å². The predicted molar refractivity (Wildman–Crippen MR) is 46.9 cm³/mol. The van der Waals surface area contributed by atoms with Crippen LogP contribution in [0.4, 0.5) is 0 Å². The van der Waals surface area contributed by atoms with E-state index in [-0.39, 0.29) is 5.43 Å². The fraction of sp³-hybridized carbons (Fsp3) is 0. The van der Waals surface area contributed by atoms with E-state index in [2.05, 4.69) is 6.92 Å². The van der Waals surface area contributed by atoms with Gasteiger partial charge in [0.15, 0.2) is 5.43 Å². The zero-order chi connectivity index (χ0) is 8.55. The third-order valence-corrected chi connectivity index (χ3v) is 1.69. The Bertz CT molecular complexity index is 468. The van der Waals surface area contributed by atoms with Crippen molar-refractivity contribution in [3.63, 3.8) is 0 Å². The molecule has 0 saturated heterocycles. The Hall–Kier alpha value is -1.57. The zero-order valence-electron chi connectivity index (χ0n) is 6.41. The van der Waals surface area contributed by atoms with Crippen LogP contribution in [0.1, 0.15) is 5.76 Å². The summed E-state index contributed by atoms with van der Waals surface area (Å²) in [6.07, 6.45) is 0. The van der Waals surface area contributed by atoms with Gasteiger partial charge in [-0.1, -0.05) is 12.1 Å². The van der Waals surface area contributed by atoms with Crippen LogP contribution in [0.15, 0.2) is 39.5 Å². The smallest absolute Gasteiger partial charge is 0.192 e. The van der Waals surface area contributed by atoms with Crippen molar-refractivity contribution in [1.82, 2.24) is 0 Å². The van der Waals surface area contributed by atoms with Gasteiger partial charge in [0.25, 0.3) is 0 Å². The lowest BCUT2D eigenvalue weighted by atomic mass is 10.2. The zero-order valence-corrected chi connectivity index (χ0v) is 6.41. The average Bonchev–Trinajstić information content (AvgIpc) is 2.04. The number of fused-ring (bicyclic) bond motifs is 1. The van der Waals surface area contributed by atoms with Gasteiger partial charge in [0.1, 0.15) is 11.3 Å². The van der Waals surface area contributed by atoms with Crippen LogP contribution in [0.3, 0.4) is 0 Å². The Labute approximate surface area is 69.4 Å². The first-order chi connectivity index (χ1) is 5.77. The summed E-state index contributed by atoms with van der Waals surface area (Å²) >= 11 is 0. The summed E-state index contributed by atoms with van der Waals surface area (Å²) in [5.74, 6) is 0.402. The summed E-state index contributed by atoms with van der Waals surface area (Å²) in [5.41, 5.74) is 0.553. The first-order valence-electron chi connectivity index (χ1n) is 3.62. The molecule has 1 aromatic heterocycles. The fourth-order valence-electron chi connectivity index (χ4n) is 1.15. The lowest BCUT2D eigenvalue weighted by Gasteiger charge is -1.95. The molecule has 2 nitrogen and oxygen atoms in total. The van der Waals surface area contributed by atoms with Gasteiger partial charge < -0.3 is 4.42 Å². The number of rotatable bonds is 0. The number of hydrogen-bond donors (Lipinski definition) is 0. The van der Waals surface area contributed by atoms with E-state index in [4.69, 9.17) is 4.42 Å². The van der Waals surface area contributed by atoms with E-state index in [1.165, 1.54) is 6.07 Å². The van der Waals surface area contributed by atoms with Crippen molar-refractivity contribution in [1.29, 1.82) is 0 Å². The highest BCUT2D eigenvalue weighted by Gasteiger charge is 1.99. The molecular weight excluding hydrogens is 152 g/mol. The SMILES string of the molecule is [CH2]c1cc(=O)c2ccccc2o1. The van der Waals surface area contributed by atoms with E-state index in [0.29, 0.717) is 16.7 Å². The summed E-state index contributed by atoms with van der Waals surface area (Å²) in [6, 6.07) is 8.51. The van der Waals surface area contributed by atoms with E-state index in [0.717, 1.165) is 0 Å². The van der Waals surface area contributed by atoms with Gasteiger partial charge in [0.2, 0.25) is 0 Å². The van der Waals surface area contributed by atoms with Crippen LogP contribution < -0.4 is 5.43 Å². The summed E-state index contributed by atoms with van der Waals surface area (Å²) < 4.78 is 5.23. The fourth-order valence-corrected chi connectivity index (χ4v) is 1.15. The quantitative estimate of drug-likeness (QED) is 0.588. The van der Waals surface area contributed by atoms with E-state index < -0.39 is 0 Å². The monoisotopic (exact) mass is 159 g/mol. The molecule has 0 unspecified atom stereocenters. The van der Waals surface area contributed by atoms with Crippen molar-refractivity contribution in [2.75, 3.05) is 0 Å². The van der Waals surface area contributed by atoms with Crippen LogP contribution in [0.25, 0.3) is 11.0 Å². The van der Waals surface area contributed by atoms with Gasteiger partial charge in [0.05, 0.1) is 5.39 Å². The van der Waals surface area contributed by atoms with Crippen LogP contribution in [0.5, 0.6) is 0 Å². The topological polar surface area (TPSA) is 30.2 Å². The molecule has 0 aliphatic rings. The Morgan fingerprint density at radius 2 is 2.00 bits per heavy atom. The van der Waals surface area contributed by atoms with Gasteiger partial charge in [-0.3, -0.25) is 4.79 Å². The Morgan fingerprint density at radius 3 is 2.83 bits per heavy atom. The molecule has 12 heavy (non-hydrogen) atoms. The second-order valence-corrected chi connectivity index (χ2v) is 2.57. The number of para-hydroxylation sites is 1.